The largest absolute Gasteiger partial charge is 0.491 e. The van der Waals surface area contributed by atoms with Gasteiger partial charge in [-0.15, -0.1) is 0 Å². The topological polar surface area (TPSA) is 121 Å². The smallest absolute Gasteiger partial charge is 0.341 e. The van der Waals surface area contributed by atoms with E-state index in [1.807, 2.05) is 0 Å². The number of ether oxygens (including phenoxy) is 5. The van der Waals surface area contributed by atoms with Crippen LogP contribution in [0.5, 0.6) is 23.0 Å². The maximum absolute atomic E-state index is 12.2. The Labute approximate surface area is 362 Å². The van der Waals surface area contributed by atoms with Crippen LogP contribution in [0, 0.1) is 0 Å². The Morgan fingerprint density at radius 3 is 0.951 bits per heavy atom. The van der Waals surface area contributed by atoms with E-state index in [1.54, 1.807) is 0 Å². The number of hydrogen-bond acceptors (Lipinski definition) is 7. The number of carbonyl (C=O) groups is 2. The average molecular weight is 835 g/mol. The van der Waals surface area contributed by atoms with Gasteiger partial charge in [0.25, 0.3) is 0 Å². The predicted molar refractivity (Wildman–Crippen MR) is 240 cm³/mol. The summed E-state index contributed by atoms with van der Waals surface area (Å²) in [4.78, 5) is 24.5. The molecule has 0 fully saturated rings. The first-order chi connectivity index (χ1) is 28.4. The van der Waals surface area contributed by atoms with Gasteiger partial charge < -0.3 is 33.9 Å². The van der Waals surface area contributed by atoms with E-state index in [9.17, 15) is 19.8 Å². The van der Waals surface area contributed by atoms with Crippen molar-refractivity contribution in [2.45, 2.75) is 130 Å². The molecule has 2 N–H and O–H groups in total. The minimum Gasteiger partial charge on any atom is -0.491 e. The maximum atomic E-state index is 12.2. The third kappa shape index (κ3) is 10.9. The van der Waals surface area contributed by atoms with Crippen LogP contribution in [0.4, 0.5) is 0 Å². The normalized spacial score (nSPS) is 15.0. The first kappa shape index (κ1) is 45.5. The number of aliphatic carboxylic acids is 2. The van der Waals surface area contributed by atoms with Gasteiger partial charge >= 0.3 is 11.9 Å². The molecule has 1 aliphatic carbocycles. The van der Waals surface area contributed by atoms with E-state index in [2.05, 4.69) is 132 Å². The fourth-order valence-electron chi connectivity index (χ4n) is 8.14. The van der Waals surface area contributed by atoms with Crippen molar-refractivity contribution in [3.8, 4) is 23.0 Å². The molecule has 1 aliphatic heterocycles. The summed E-state index contributed by atoms with van der Waals surface area (Å²) in [6.07, 6.45) is 1.60. The van der Waals surface area contributed by atoms with Crippen LogP contribution in [-0.4, -0.2) is 61.8 Å². The summed E-state index contributed by atoms with van der Waals surface area (Å²) >= 11 is 0. The van der Waals surface area contributed by atoms with E-state index in [4.69, 9.17) is 23.7 Å². The van der Waals surface area contributed by atoms with Crippen molar-refractivity contribution in [3.63, 3.8) is 0 Å². The van der Waals surface area contributed by atoms with Gasteiger partial charge in [0.05, 0.1) is 13.2 Å². The second kappa shape index (κ2) is 17.4. The predicted octanol–water partition coefficient (Wildman–Crippen LogP) is 10.3. The summed E-state index contributed by atoms with van der Waals surface area (Å²) in [5.74, 6) is 0.340. The summed E-state index contributed by atoms with van der Waals surface area (Å²) in [6.45, 7) is 26.6. The highest BCUT2D eigenvalue weighted by atomic mass is 16.5. The molecule has 0 saturated heterocycles. The van der Waals surface area contributed by atoms with Gasteiger partial charge in [0, 0.05) is 25.7 Å². The Morgan fingerprint density at radius 1 is 0.443 bits per heavy atom. The van der Waals surface area contributed by atoms with Gasteiger partial charge in [-0.3, -0.25) is 0 Å². The van der Waals surface area contributed by atoms with Gasteiger partial charge in [-0.25, -0.2) is 9.59 Å². The van der Waals surface area contributed by atoms with E-state index in [-0.39, 0.29) is 21.7 Å². The molecule has 0 spiro atoms. The minimum absolute atomic E-state index is 0.212. The van der Waals surface area contributed by atoms with Gasteiger partial charge in [-0.1, -0.05) is 132 Å². The van der Waals surface area contributed by atoms with Crippen molar-refractivity contribution in [2.75, 3.05) is 39.6 Å². The molecule has 61 heavy (non-hydrogen) atoms. The van der Waals surface area contributed by atoms with Crippen LogP contribution < -0.4 is 18.9 Å². The Hall–Kier alpha value is -5.02. The quantitative estimate of drug-likeness (QED) is 0.172. The lowest BCUT2D eigenvalue weighted by Gasteiger charge is -2.29. The lowest BCUT2D eigenvalue weighted by molar-refractivity contribution is -0.140. The molecule has 4 aromatic carbocycles. The van der Waals surface area contributed by atoms with E-state index in [1.165, 1.54) is 0 Å². The lowest BCUT2D eigenvalue weighted by Crippen LogP contribution is -2.20. The van der Waals surface area contributed by atoms with Gasteiger partial charge in [0.1, 0.15) is 36.2 Å². The van der Waals surface area contributed by atoms with Crippen LogP contribution in [-0.2, 0) is 61.7 Å². The van der Waals surface area contributed by atoms with Gasteiger partial charge in [-0.05, 0) is 88.4 Å². The fraction of sp³-hybridized carbons (Fsp3) is 0.500. The highest BCUT2D eigenvalue weighted by molar-refractivity contribution is 5.70. The van der Waals surface area contributed by atoms with Gasteiger partial charge in [0.15, 0.2) is 13.2 Å². The highest BCUT2D eigenvalue weighted by Crippen LogP contribution is 2.44. The van der Waals surface area contributed by atoms with Crippen molar-refractivity contribution < 1.29 is 43.5 Å². The molecular weight excluding hydrogens is 769 g/mol. The van der Waals surface area contributed by atoms with E-state index < -0.39 is 25.2 Å². The molecule has 0 aromatic heterocycles. The summed E-state index contributed by atoms with van der Waals surface area (Å²) < 4.78 is 32.4. The first-order valence-electron chi connectivity index (χ1n) is 21.6. The molecule has 0 amide bonds. The molecule has 0 radical (unpaired) electrons. The van der Waals surface area contributed by atoms with E-state index >= 15 is 0 Å². The third-order valence-electron chi connectivity index (χ3n) is 11.6. The lowest BCUT2D eigenvalue weighted by atomic mass is 9.79. The molecule has 2 aliphatic rings. The van der Waals surface area contributed by atoms with E-state index in [0.29, 0.717) is 63.6 Å². The molecule has 328 valence electrons. The Balaban J connectivity index is 1.81. The molecule has 1 heterocycles. The number of fused-ring (bicyclic) bond motifs is 4. The number of carboxylic acids is 2. The maximum Gasteiger partial charge on any atom is 0.341 e. The molecule has 6 rings (SSSR count). The monoisotopic (exact) mass is 834 g/mol. The molecule has 0 saturated carbocycles. The summed E-state index contributed by atoms with van der Waals surface area (Å²) in [6, 6.07) is 17.5. The second-order valence-electron chi connectivity index (χ2n) is 20.9. The van der Waals surface area contributed by atoms with Crippen LogP contribution in [0.15, 0.2) is 48.5 Å². The fourth-order valence-corrected chi connectivity index (χ4v) is 8.14. The van der Waals surface area contributed by atoms with Crippen LogP contribution in [0.2, 0.25) is 0 Å². The van der Waals surface area contributed by atoms with Crippen LogP contribution >= 0.6 is 0 Å². The van der Waals surface area contributed by atoms with Crippen molar-refractivity contribution in [2.24, 2.45) is 0 Å². The zero-order valence-electron chi connectivity index (χ0n) is 38.4. The van der Waals surface area contributed by atoms with E-state index in [0.717, 1.165) is 78.3 Å². The number of hydrogen-bond donors (Lipinski definition) is 2. The molecule has 0 atom stereocenters. The highest BCUT2D eigenvalue weighted by Gasteiger charge is 2.30. The van der Waals surface area contributed by atoms with Crippen molar-refractivity contribution in [3.05, 3.63) is 115 Å². The van der Waals surface area contributed by atoms with Gasteiger partial charge in [0.2, 0.25) is 0 Å². The second-order valence-corrected chi connectivity index (χ2v) is 20.9. The Morgan fingerprint density at radius 2 is 0.689 bits per heavy atom. The van der Waals surface area contributed by atoms with Crippen LogP contribution in [0.3, 0.4) is 0 Å². The molecule has 4 aromatic rings. The van der Waals surface area contributed by atoms with Crippen molar-refractivity contribution in [1.29, 1.82) is 0 Å². The molecular formula is C52H66O9. The zero-order valence-corrected chi connectivity index (χ0v) is 38.4. The minimum atomic E-state index is -1.09. The van der Waals surface area contributed by atoms with Gasteiger partial charge in [-0.2, -0.15) is 0 Å². The van der Waals surface area contributed by atoms with Crippen molar-refractivity contribution >= 4 is 11.9 Å². The summed E-state index contributed by atoms with van der Waals surface area (Å²) in [5, 5.41) is 20.0. The number of benzene rings is 4. The average Bonchev–Trinajstić information content (AvgIpc) is 3.12. The molecule has 9 heteroatoms. The standard InChI is InChI=1S/C52H66O9/c1-49(2,3)39-21-31-17-32-22-40(50(4,5)6)24-34-19-36-26-42(52(10,11)12)28-38(48(36)61-30-44(55)56)20-37-27-41(51(7,8)9)25-35(47(37)60-29-43(53)54)18-33(23-39)45(31)58-15-13-57-14-16-59-46(32)34/h21-28H,13-20,29-30H2,1-12H3,(H,53,54)(H,55,56). The van der Waals surface area contributed by atoms with Crippen LogP contribution in [0.25, 0.3) is 0 Å². The zero-order chi connectivity index (χ0) is 44.7. The summed E-state index contributed by atoms with van der Waals surface area (Å²) in [7, 11) is 0. The summed E-state index contributed by atoms with van der Waals surface area (Å²) in [5.41, 5.74) is 10.6. The van der Waals surface area contributed by atoms with Crippen molar-refractivity contribution in [1.82, 2.24) is 0 Å². The number of carboxylic acid groups (broad SMARTS) is 2. The Bertz CT molecular complexity index is 2130. The molecule has 9 nitrogen and oxygen atoms in total. The van der Waals surface area contributed by atoms with Crippen LogP contribution in [0.1, 0.15) is 150 Å². The number of rotatable bonds is 6. The Kier molecular flexibility index (Phi) is 13.0. The third-order valence-corrected chi connectivity index (χ3v) is 11.6. The molecule has 10 bridgehead atoms. The first-order valence-corrected chi connectivity index (χ1v) is 21.6. The SMILES string of the molecule is CC(C)(C)c1cc2c3c(c1)Cc1cc(C(C)(C)C)cc(c1OCC(=O)O)Cc1cc(C(C)(C)C)cc(c1OCC(=O)O)Cc1cc(C(C)(C)C)cc(c1OCCOCCO3)C2. The molecule has 0 unspecified atom stereocenters.